The van der Waals surface area contributed by atoms with E-state index in [0.717, 1.165) is 41.5 Å². The molecule has 4 aliphatic rings. The summed E-state index contributed by atoms with van der Waals surface area (Å²) in [5.74, 6) is -6.84. The summed E-state index contributed by atoms with van der Waals surface area (Å²) in [6.45, 7) is 28.0. The maximum absolute atomic E-state index is 14.4. The van der Waals surface area contributed by atoms with E-state index in [2.05, 4.69) is 26.6 Å². The van der Waals surface area contributed by atoms with Gasteiger partial charge in [0.1, 0.15) is 83.3 Å². The molecule has 5 rings (SSSR count). The molecule has 580 valence electrons. The molecule has 19 atom stereocenters. The van der Waals surface area contributed by atoms with Crippen molar-refractivity contribution in [3.05, 3.63) is 35.9 Å². The molecule has 103 heavy (non-hydrogen) atoms. The van der Waals surface area contributed by atoms with Gasteiger partial charge in [0.25, 0.3) is 0 Å². The highest BCUT2D eigenvalue weighted by molar-refractivity contribution is 14.1. The highest BCUT2D eigenvalue weighted by Crippen LogP contribution is 2.40. The van der Waals surface area contributed by atoms with Crippen molar-refractivity contribution in [1.29, 1.82) is 0 Å². The maximum Gasteiger partial charge on any atom is 0.408 e. The summed E-state index contributed by atoms with van der Waals surface area (Å²) in [6.07, 6.45) is -33.3. The molecule has 1 aromatic rings. The van der Waals surface area contributed by atoms with Crippen LogP contribution in [0.1, 0.15) is 162 Å². The van der Waals surface area contributed by atoms with E-state index in [1.54, 1.807) is 101 Å². The fourth-order valence-electron chi connectivity index (χ4n) is 11.1. The van der Waals surface area contributed by atoms with Crippen LogP contribution in [0.25, 0.3) is 0 Å². The third kappa shape index (κ3) is 28.1. The van der Waals surface area contributed by atoms with Crippen LogP contribution in [0.3, 0.4) is 0 Å². The lowest BCUT2D eigenvalue weighted by Crippen LogP contribution is -2.71. The zero-order chi connectivity index (χ0) is 77.6. The van der Waals surface area contributed by atoms with Crippen molar-refractivity contribution in [3.63, 3.8) is 0 Å². The van der Waals surface area contributed by atoms with Crippen molar-refractivity contribution in [2.45, 2.75) is 296 Å². The minimum absolute atomic E-state index is 0.0685. The van der Waals surface area contributed by atoms with Crippen LogP contribution in [-0.4, -0.2) is 234 Å². The van der Waals surface area contributed by atoms with Gasteiger partial charge in [-0.1, -0.05) is 40.8 Å². The number of esters is 7. The second-order valence-corrected chi connectivity index (χ2v) is 30.3. The van der Waals surface area contributed by atoms with Gasteiger partial charge in [-0.15, -0.1) is 0 Å². The summed E-state index contributed by atoms with van der Waals surface area (Å²) in [5.41, 5.74) is -5.74. The summed E-state index contributed by atoms with van der Waals surface area (Å²) >= 11 is 1.91. The molecule has 1 aliphatic carbocycles. The molecule has 4 fully saturated rings. The largest absolute Gasteiger partial charge is 0.463 e. The monoisotopic (exact) mass is 1580 g/mol. The number of amides is 5. The van der Waals surface area contributed by atoms with Crippen molar-refractivity contribution in [2.24, 2.45) is 0 Å². The fraction of sp³-hybridized carbons (Fsp3) is 0.731. The fourth-order valence-corrected chi connectivity index (χ4v) is 11.8. The molecule has 1 saturated carbocycles. The summed E-state index contributed by atoms with van der Waals surface area (Å²) in [5, 5.41) is 13.2. The Bertz CT molecular complexity index is 3140. The van der Waals surface area contributed by atoms with Gasteiger partial charge in [0.15, 0.2) is 55.5 Å². The Hall–Kier alpha value is -7.65. The van der Waals surface area contributed by atoms with Crippen LogP contribution in [0.4, 0.5) is 24.0 Å². The number of benzene rings is 1. The topological polar surface area (TPSA) is 431 Å². The third-order valence-corrected chi connectivity index (χ3v) is 15.2. The Morgan fingerprint density at radius 3 is 1.17 bits per heavy atom. The van der Waals surface area contributed by atoms with Crippen LogP contribution in [-0.2, 0) is 114 Å². The SMILES string of the molecule is CC(=O)OC[C@H]1O[C@@H](O[C@@H]2[C@@H](OC(C)=O)[C@H](NC(=O)OC(C)(C)C)C[C@H](NC(=O)OC(C)(C)C)[C@H]2O[C@H]2O[C@H](CI)[C@@H](OC(=O)c3ccccc3)[C@H](OC(C)=O)[C@H]2NC(=O)OC(C)(C)C)[C@H](OC(C)=O)[C@@H]1O[C@@H]1O[C@H](CNC(=O)OC(C)(C)C)[C@H](OC(C)=O)[C@@H](OC(C)=O)[C@@H]1NC(=O)OC(C)(C)C. The number of rotatable bonds is 22. The molecule has 1 aromatic carbocycles. The Balaban J connectivity index is 1.84. The number of halogens is 1. The Morgan fingerprint density at radius 1 is 0.388 bits per heavy atom. The molecule has 0 spiro atoms. The highest BCUT2D eigenvalue weighted by atomic mass is 127. The van der Waals surface area contributed by atoms with E-state index in [0.29, 0.717) is 0 Å². The Morgan fingerprint density at radius 2 is 0.748 bits per heavy atom. The number of carbonyl (C=O) groups is 12. The zero-order valence-electron chi connectivity index (χ0n) is 61.8. The van der Waals surface area contributed by atoms with Crippen LogP contribution < -0.4 is 26.6 Å². The predicted molar refractivity (Wildman–Crippen MR) is 361 cm³/mol. The first-order valence-corrected chi connectivity index (χ1v) is 34.7. The molecular weight excluding hydrogens is 1480 g/mol. The van der Waals surface area contributed by atoms with Crippen LogP contribution >= 0.6 is 22.6 Å². The van der Waals surface area contributed by atoms with Gasteiger partial charge in [-0.25, -0.2) is 28.8 Å². The van der Waals surface area contributed by atoms with E-state index in [9.17, 15) is 57.5 Å². The minimum atomic E-state index is -2.13. The first-order valence-electron chi connectivity index (χ1n) is 33.2. The third-order valence-electron chi connectivity index (χ3n) is 14.4. The number of hydrogen-bond donors (Lipinski definition) is 5. The standard InChI is InChI=1S/C67H100IN5O30/c1-31(74)86-30-42-49(97-56-44(73-62(85)103-67(19,20)21)51(90-35(5)78)48(88-33(3)76)41(93-56)29-69-58(81)99-63(7,8)9)53(91-36(6)79)57(94-42)98-52-45(87-32(2)75)38(70-59(82)100-64(10,11)12)27-39(71-60(83)101-65(13,14)15)46(52)96-55-43(72-61(84)102-66(16,17)18)50(89-34(4)77)47(40(28-68)92-55)95-54(80)37-25-23-22-24-26-37/h22-26,38-53,55-57H,27-30H2,1-21H3,(H,69,81)(H,70,82)(H,71,83)(H,72,84)(H,73,85)/t38-,39+,40-,41-,42-,43-,44+,45+,46-,47-,48+,49-,50-,51+,52-,53-,55-,56+,57+/m1/s1. The van der Waals surface area contributed by atoms with Crippen LogP contribution in [0.5, 0.6) is 0 Å². The number of alkyl carbamates (subject to hydrolysis) is 5. The van der Waals surface area contributed by atoms with Crippen molar-refractivity contribution >= 4 is 94.8 Å². The summed E-state index contributed by atoms with van der Waals surface area (Å²) in [6, 6.07) is 1.02. The van der Waals surface area contributed by atoms with Gasteiger partial charge >= 0.3 is 72.3 Å². The van der Waals surface area contributed by atoms with E-state index in [1.807, 2.05) is 22.6 Å². The number of hydrogen-bond acceptors (Lipinski definition) is 30. The van der Waals surface area contributed by atoms with Crippen molar-refractivity contribution < 1.29 is 143 Å². The van der Waals surface area contributed by atoms with E-state index in [4.69, 9.17) is 85.3 Å². The van der Waals surface area contributed by atoms with Gasteiger partial charge < -0.3 is 112 Å². The Labute approximate surface area is 611 Å². The number of nitrogens with one attached hydrogen (secondary N) is 5. The lowest BCUT2D eigenvalue weighted by atomic mass is 9.83. The van der Waals surface area contributed by atoms with E-state index in [-0.39, 0.29) is 9.99 Å². The average Bonchev–Trinajstić information content (AvgIpc) is 1.74. The average molecular weight is 1580 g/mol. The number of alkyl halides is 1. The molecule has 0 radical (unpaired) electrons. The maximum atomic E-state index is 14.4. The van der Waals surface area contributed by atoms with Crippen molar-refractivity contribution in [3.8, 4) is 0 Å². The van der Waals surface area contributed by atoms with Crippen LogP contribution in [0.2, 0.25) is 0 Å². The van der Waals surface area contributed by atoms with Gasteiger partial charge in [-0.2, -0.15) is 0 Å². The molecule has 3 heterocycles. The van der Waals surface area contributed by atoms with Crippen LogP contribution in [0, 0.1) is 0 Å². The molecule has 5 amide bonds. The quantitative estimate of drug-likeness (QED) is 0.0402. The molecule has 0 bridgehead atoms. The predicted octanol–water partition coefficient (Wildman–Crippen LogP) is 5.70. The molecular formula is C67H100IN5O30. The van der Waals surface area contributed by atoms with Crippen LogP contribution in [0.15, 0.2) is 30.3 Å². The molecule has 3 saturated heterocycles. The second kappa shape index (κ2) is 36.4. The number of carbonyl (C=O) groups excluding carboxylic acids is 12. The normalized spacial score (nSPS) is 28.7. The van der Waals surface area contributed by atoms with E-state index >= 15 is 0 Å². The Kier molecular flexibility index (Phi) is 30.4. The first-order chi connectivity index (χ1) is 47.5. The number of ether oxygens (including phenoxy) is 18. The van der Waals surface area contributed by atoms with E-state index < -0.39 is 236 Å². The van der Waals surface area contributed by atoms with Crippen molar-refractivity contribution in [1.82, 2.24) is 26.6 Å². The highest BCUT2D eigenvalue weighted by Gasteiger charge is 2.61. The second-order valence-electron chi connectivity index (χ2n) is 29.5. The van der Waals surface area contributed by atoms with Gasteiger partial charge in [-0.05, 0) is 122 Å². The zero-order valence-corrected chi connectivity index (χ0v) is 64.0. The summed E-state index contributed by atoms with van der Waals surface area (Å²) in [4.78, 5) is 164. The summed E-state index contributed by atoms with van der Waals surface area (Å²) < 4.78 is 110. The molecule has 0 aromatic heterocycles. The van der Waals surface area contributed by atoms with Gasteiger partial charge in [0.2, 0.25) is 0 Å². The van der Waals surface area contributed by atoms with Gasteiger partial charge in [0, 0.05) is 46.0 Å². The minimum Gasteiger partial charge on any atom is -0.463 e. The molecule has 3 aliphatic heterocycles. The molecule has 0 unspecified atom stereocenters. The molecule has 35 nitrogen and oxygen atoms in total. The lowest BCUT2D eigenvalue weighted by molar-refractivity contribution is -0.310. The smallest absolute Gasteiger partial charge is 0.408 e. The van der Waals surface area contributed by atoms with Gasteiger partial charge in [-0.3, -0.25) is 28.8 Å². The first kappa shape index (κ1) is 86.0. The van der Waals surface area contributed by atoms with Gasteiger partial charge in [0.05, 0.1) is 24.2 Å². The molecule has 36 heteroatoms. The lowest BCUT2D eigenvalue weighted by Gasteiger charge is -2.50. The van der Waals surface area contributed by atoms with E-state index in [1.165, 1.54) is 32.9 Å². The molecule has 5 N–H and O–H groups in total. The van der Waals surface area contributed by atoms with Crippen molar-refractivity contribution in [2.75, 3.05) is 17.6 Å². The summed E-state index contributed by atoms with van der Waals surface area (Å²) in [7, 11) is 0.